The number of halogens is 3. The molecule has 4 aliphatic rings. The zero-order valence-corrected chi connectivity index (χ0v) is 37.2. The van der Waals surface area contributed by atoms with Crippen molar-refractivity contribution < 1.29 is 33.1 Å². The van der Waals surface area contributed by atoms with Gasteiger partial charge in [-0.1, -0.05) is 48.5 Å². The van der Waals surface area contributed by atoms with Crippen LogP contribution >= 0.6 is 23.2 Å². The van der Waals surface area contributed by atoms with E-state index in [0.29, 0.717) is 49.0 Å². The fourth-order valence-electron chi connectivity index (χ4n) is 9.14. The number of ether oxygens (including phenoxy) is 1. The fraction of sp³-hybridized carbons (Fsp3) is 0.457. The number of benzene rings is 2. The Morgan fingerprint density at radius 1 is 0.984 bits per heavy atom. The van der Waals surface area contributed by atoms with Gasteiger partial charge in [0, 0.05) is 91.3 Å². The number of aromatic nitrogens is 3. The molecular weight excluding hydrogens is 864 g/mol. The van der Waals surface area contributed by atoms with E-state index in [-0.39, 0.29) is 51.8 Å². The second-order valence-corrected chi connectivity index (χ2v) is 17.9. The molecule has 6 heterocycles. The number of carbonyl (C=O) groups excluding carboxylic acids is 5. The van der Waals surface area contributed by atoms with Crippen molar-refractivity contribution in [3.05, 3.63) is 87.5 Å². The maximum absolute atomic E-state index is 14.2. The van der Waals surface area contributed by atoms with Gasteiger partial charge in [-0.25, -0.2) is 9.37 Å². The molecule has 0 radical (unpaired) electrons. The number of fused-ring (bicyclic) bond motifs is 1. The van der Waals surface area contributed by atoms with Crippen molar-refractivity contribution in [3.8, 4) is 16.9 Å². The first-order chi connectivity index (χ1) is 30.9. The normalized spacial score (nSPS) is 18.8. The summed E-state index contributed by atoms with van der Waals surface area (Å²) >= 11 is 12.5. The molecule has 338 valence electrons. The van der Waals surface area contributed by atoms with Gasteiger partial charge >= 0.3 is 0 Å². The van der Waals surface area contributed by atoms with Crippen LogP contribution in [0.4, 0.5) is 15.9 Å². The van der Waals surface area contributed by atoms with Gasteiger partial charge in [0.15, 0.2) is 11.6 Å². The van der Waals surface area contributed by atoms with E-state index in [0.717, 1.165) is 80.6 Å². The molecule has 0 bridgehead atoms. The van der Waals surface area contributed by atoms with Gasteiger partial charge in [0.2, 0.25) is 17.7 Å². The minimum Gasteiger partial charge on any atom is -0.482 e. The SMILES string of the molecule is CC(Oc1cc(-c2cnn(C3CCN(C(=O)CCCCCCCN4CC(CNc5cccc6c5C(=O)N(C5CCC(=O)NC5=O)C6=O)C4)CC3)c2)cnc1N)c1c(Cl)ccc(F)c1Cl. The Labute approximate surface area is 380 Å². The van der Waals surface area contributed by atoms with Crippen molar-refractivity contribution in [2.45, 2.75) is 89.3 Å². The second-order valence-electron chi connectivity index (χ2n) is 17.1. The molecule has 2 aromatic carbocycles. The van der Waals surface area contributed by atoms with E-state index in [9.17, 15) is 28.4 Å². The van der Waals surface area contributed by atoms with Gasteiger partial charge in [0.25, 0.3) is 11.8 Å². The lowest BCUT2D eigenvalue weighted by molar-refractivity contribution is -0.136. The summed E-state index contributed by atoms with van der Waals surface area (Å²) < 4.78 is 22.2. The van der Waals surface area contributed by atoms with Crippen LogP contribution in [0, 0.1) is 11.7 Å². The molecule has 8 rings (SSSR count). The van der Waals surface area contributed by atoms with Gasteiger partial charge < -0.3 is 25.6 Å². The van der Waals surface area contributed by atoms with Crippen molar-refractivity contribution in [1.82, 2.24) is 34.8 Å². The summed E-state index contributed by atoms with van der Waals surface area (Å²) in [6.07, 6.45) is 12.3. The Bertz CT molecular complexity index is 2440. The smallest absolute Gasteiger partial charge is 0.264 e. The van der Waals surface area contributed by atoms with Crippen LogP contribution in [0.5, 0.6) is 5.75 Å². The van der Waals surface area contributed by atoms with E-state index in [1.54, 1.807) is 43.6 Å². The first-order valence-corrected chi connectivity index (χ1v) is 22.8. The molecule has 4 aromatic rings. The number of likely N-dealkylation sites (tertiary alicyclic amines) is 2. The zero-order valence-electron chi connectivity index (χ0n) is 35.7. The summed E-state index contributed by atoms with van der Waals surface area (Å²) in [4.78, 5) is 73.3. The van der Waals surface area contributed by atoms with Crippen molar-refractivity contribution in [3.63, 3.8) is 0 Å². The molecule has 2 atom stereocenters. The predicted molar refractivity (Wildman–Crippen MR) is 239 cm³/mol. The van der Waals surface area contributed by atoms with Crippen LogP contribution in [-0.4, -0.2) is 104 Å². The third kappa shape index (κ3) is 9.73. The number of unbranched alkanes of at least 4 members (excludes halogenated alkanes) is 4. The highest BCUT2D eigenvalue weighted by molar-refractivity contribution is 6.36. The van der Waals surface area contributed by atoms with E-state index >= 15 is 0 Å². The van der Waals surface area contributed by atoms with E-state index in [1.807, 2.05) is 15.8 Å². The van der Waals surface area contributed by atoms with Gasteiger partial charge in [-0.3, -0.25) is 38.9 Å². The van der Waals surface area contributed by atoms with Crippen LogP contribution in [0.15, 0.2) is 55.0 Å². The molecular formula is C46H52Cl2FN9O6. The molecule has 0 aliphatic carbocycles. The lowest BCUT2D eigenvalue weighted by atomic mass is 9.98. The summed E-state index contributed by atoms with van der Waals surface area (Å²) in [6, 6.07) is 8.70. The summed E-state index contributed by atoms with van der Waals surface area (Å²) in [5.74, 6) is -1.52. The van der Waals surface area contributed by atoms with Crippen LogP contribution in [0.2, 0.25) is 10.0 Å². The minimum atomic E-state index is -0.990. The number of nitrogens with one attached hydrogen (secondary N) is 2. The summed E-state index contributed by atoms with van der Waals surface area (Å²) in [6.45, 7) is 6.67. The van der Waals surface area contributed by atoms with Crippen LogP contribution in [0.1, 0.15) is 110 Å². The molecule has 64 heavy (non-hydrogen) atoms. The highest BCUT2D eigenvalue weighted by Gasteiger charge is 2.45. The quantitative estimate of drug-likeness (QED) is 0.0560. The largest absolute Gasteiger partial charge is 0.482 e. The number of nitrogen functional groups attached to an aromatic ring is 1. The number of pyridine rings is 1. The molecule has 2 unspecified atom stereocenters. The number of hydrogen-bond acceptors (Lipinski definition) is 11. The topological polar surface area (TPSA) is 185 Å². The highest BCUT2D eigenvalue weighted by Crippen LogP contribution is 2.38. The third-order valence-electron chi connectivity index (χ3n) is 12.7. The van der Waals surface area contributed by atoms with E-state index in [2.05, 4.69) is 25.6 Å². The number of piperidine rings is 2. The lowest BCUT2D eigenvalue weighted by Crippen LogP contribution is -2.54. The van der Waals surface area contributed by atoms with E-state index < -0.39 is 41.6 Å². The average Bonchev–Trinajstić information content (AvgIpc) is 3.86. The number of hydrogen-bond donors (Lipinski definition) is 3. The van der Waals surface area contributed by atoms with E-state index in [4.69, 9.17) is 33.7 Å². The van der Waals surface area contributed by atoms with Gasteiger partial charge in [0.05, 0.1) is 28.4 Å². The highest BCUT2D eigenvalue weighted by atomic mass is 35.5. The first-order valence-electron chi connectivity index (χ1n) is 22.0. The van der Waals surface area contributed by atoms with Gasteiger partial charge in [-0.15, -0.1) is 0 Å². The maximum Gasteiger partial charge on any atom is 0.264 e. The van der Waals surface area contributed by atoms with Crippen molar-refractivity contribution in [2.75, 3.05) is 50.3 Å². The van der Waals surface area contributed by atoms with Gasteiger partial charge in [0.1, 0.15) is 18.0 Å². The Morgan fingerprint density at radius 2 is 1.75 bits per heavy atom. The molecule has 15 nitrogen and oxygen atoms in total. The predicted octanol–water partition coefficient (Wildman–Crippen LogP) is 7.06. The number of rotatable bonds is 17. The summed E-state index contributed by atoms with van der Waals surface area (Å²) in [7, 11) is 0. The first kappa shape index (κ1) is 45.0. The Balaban J connectivity index is 0.695. The van der Waals surface area contributed by atoms with Crippen molar-refractivity contribution in [2.24, 2.45) is 5.92 Å². The molecule has 2 aromatic heterocycles. The van der Waals surface area contributed by atoms with Crippen LogP contribution in [0.3, 0.4) is 0 Å². The Morgan fingerprint density at radius 3 is 2.53 bits per heavy atom. The molecule has 4 aliphatic heterocycles. The third-order valence-corrected chi connectivity index (χ3v) is 13.5. The molecule has 0 saturated carbocycles. The molecule has 3 fully saturated rings. The molecule has 5 amide bonds. The van der Waals surface area contributed by atoms with Crippen molar-refractivity contribution >= 4 is 64.2 Å². The number of carbonyl (C=O) groups is 5. The Hall–Kier alpha value is -5.58. The summed E-state index contributed by atoms with van der Waals surface area (Å²) in [5.41, 5.74) is 9.19. The van der Waals surface area contributed by atoms with Crippen molar-refractivity contribution in [1.29, 1.82) is 0 Å². The second kappa shape index (κ2) is 19.7. The molecule has 4 N–H and O–H groups in total. The zero-order chi connectivity index (χ0) is 45.1. The lowest BCUT2D eigenvalue weighted by Gasteiger charge is -2.39. The van der Waals surface area contributed by atoms with Gasteiger partial charge in [-0.05, 0) is 75.9 Å². The van der Waals surface area contributed by atoms with E-state index in [1.165, 1.54) is 12.1 Å². The monoisotopic (exact) mass is 915 g/mol. The molecule has 0 spiro atoms. The Kier molecular flexibility index (Phi) is 13.8. The maximum atomic E-state index is 14.2. The molecule has 18 heteroatoms. The number of nitrogens with zero attached hydrogens (tertiary/aromatic N) is 6. The van der Waals surface area contributed by atoms with Crippen LogP contribution in [-0.2, 0) is 14.4 Å². The van der Waals surface area contributed by atoms with Gasteiger partial charge in [-0.2, -0.15) is 5.10 Å². The summed E-state index contributed by atoms with van der Waals surface area (Å²) in [5, 5.41) is 10.4. The standard InChI is InChI=1S/C46H52Cl2FN9O6/c1-27(40-33(47)11-12-34(49)42(40)48)64-37-20-29(22-52-43(37)50)30-23-53-57(26-30)31-15-18-56(19-16-31)39(60)10-5-3-2-4-6-17-55-24-28(25-55)21-51-35-9-7-8-32-41(35)46(63)58(45(32)62)36-13-14-38(59)54-44(36)61/h7-9,11-12,20,22-23,26-28,31,36,51H,2-6,10,13-19,21,24-25H2,1H3,(H2,50,52)(H,54,59,61). The number of imide groups is 2. The van der Waals surface area contributed by atoms with Crippen LogP contribution in [0.25, 0.3) is 11.1 Å². The number of amides is 5. The number of nitrogens with two attached hydrogens (primary N) is 1. The molecule has 3 saturated heterocycles. The minimum absolute atomic E-state index is 0.0809. The fourth-order valence-corrected chi connectivity index (χ4v) is 9.82. The van der Waals surface area contributed by atoms with Crippen LogP contribution < -0.4 is 21.1 Å². The average molecular weight is 917 g/mol. The number of anilines is 2.